The smallest absolute Gasteiger partial charge is 0.259 e. The fraction of sp³-hybridized carbons (Fsp3) is 0.458. The number of fused-ring (bicyclic) bond motifs is 1. The standard InChI is InChI=1S/C24H30N10O/c1-17-14-26-7-6-19(17)32-11-9-31(10-12-32)15-18-4-2-8-33(16-18)23-28-22(25)34-24(29-23)27-21(30-34)20-5-3-13-35-20/h3,5-7,13-14,18H,2,4,8-12,15-16H2,1H3,(H2,25,27,28,29,30). The van der Waals surface area contributed by atoms with Crippen LogP contribution in [0.15, 0.2) is 41.3 Å². The van der Waals surface area contributed by atoms with Gasteiger partial charge >= 0.3 is 0 Å². The zero-order valence-electron chi connectivity index (χ0n) is 19.9. The molecule has 2 aliphatic rings. The highest BCUT2D eigenvalue weighted by molar-refractivity contribution is 5.53. The number of hydrogen-bond acceptors (Lipinski definition) is 10. The lowest BCUT2D eigenvalue weighted by molar-refractivity contribution is 0.205. The fourth-order valence-electron chi connectivity index (χ4n) is 5.20. The van der Waals surface area contributed by atoms with Crippen molar-refractivity contribution in [2.75, 3.05) is 61.3 Å². The Hall–Kier alpha value is -3.73. The molecule has 6 heterocycles. The summed E-state index contributed by atoms with van der Waals surface area (Å²) in [5.41, 5.74) is 8.76. The van der Waals surface area contributed by atoms with Gasteiger partial charge in [0.15, 0.2) is 5.76 Å². The second-order valence-corrected chi connectivity index (χ2v) is 9.41. The predicted octanol–water partition coefficient (Wildman–Crippen LogP) is 2.10. The van der Waals surface area contributed by atoms with E-state index in [9.17, 15) is 0 Å². The van der Waals surface area contributed by atoms with Crippen molar-refractivity contribution < 1.29 is 4.42 Å². The van der Waals surface area contributed by atoms with Gasteiger partial charge in [0.25, 0.3) is 5.78 Å². The van der Waals surface area contributed by atoms with Crippen molar-refractivity contribution in [3.05, 3.63) is 42.4 Å². The minimum Gasteiger partial charge on any atom is -0.461 e. The molecule has 0 spiro atoms. The third kappa shape index (κ3) is 4.39. The zero-order chi connectivity index (χ0) is 23.8. The second-order valence-electron chi connectivity index (χ2n) is 9.41. The summed E-state index contributed by atoms with van der Waals surface area (Å²) in [6.07, 6.45) is 7.75. The zero-order valence-corrected chi connectivity index (χ0v) is 19.9. The lowest BCUT2D eigenvalue weighted by atomic mass is 9.97. The molecule has 2 aliphatic heterocycles. The number of piperazine rings is 1. The van der Waals surface area contributed by atoms with Gasteiger partial charge in [-0.25, -0.2) is 0 Å². The van der Waals surface area contributed by atoms with Crippen molar-refractivity contribution in [1.82, 2.24) is 34.4 Å². The van der Waals surface area contributed by atoms with Crippen LogP contribution in [0.2, 0.25) is 0 Å². The number of pyridine rings is 1. The first-order valence-corrected chi connectivity index (χ1v) is 12.2. The highest BCUT2D eigenvalue weighted by Crippen LogP contribution is 2.25. The summed E-state index contributed by atoms with van der Waals surface area (Å²) in [7, 11) is 0. The van der Waals surface area contributed by atoms with E-state index in [0.717, 1.165) is 52.2 Å². The van der Waals surface area contributed by atoms with E-state index >= 15 is 0 Å². The third-order valence-electron chi connectivity index (χ3n) is 6.99. The molecule has 35 heavy (non-hydrogen) atoms. The number of furan rings is 1. The van der Waals surface area contributed by atoms with Gasteiger partial charge in [0, 0.05) is 63.9 Å². The number of aromatic nitrogens is 6. The normalized spacial score (nSPS) is 19.5. The maximum atomic E-state index is 6.22. The molecule has 4 aromatic heterocycles. The van der Waals surface area contributed by atoms with E-state index in [1.165, 1.54) is 22.2 Å². The lowest BCUT2D eigenvalue weighted by Crippen LogP contribution is -2.50. The van der Waals surface area contributed by atoms with E-state index in [1.54, 1.807) is 12.3 Å². The van der Waals surface area contributed by atoms with Crippen molar-refractivity contribution in [3.8, 4) is 11.6 Å². The van der Waals surface area contributed by atoms with Crippen LogP contribution in [0.25, 0.3) is 17.4 Å². The fourth-order valence-corrected chi connectivity index (χ4v) is 5.20. The van der Waals surface area contributed by atoms with Crippen LogP contribution in [-0.2, 0) is 0 Å². The maximum Gasteiger partial charge on any atom is 0.259 e. The Bertz CT molecular complexity index is 1300. The van der Waals surface area contributed by atoms with Crippen LogP contribution in [0.3, 0.4) is 0 Å². The molecule has 1 unspecified atom stereocenters. The van der Waals surface area contributed by atoms with Gasteiger partial charge in [-0.2, -0.15) is 19.5 Å². The number of nitrogens with zero attached hydrogens (tertiary/aromatic N) is 9. The van der Waals surface area contributed by atoms with E-state index in [-0.39, 0.29) is 5.95 Å². The Morgan fingerprint density at radius 1 is 1.06 bits per heavy atom. The van der Waals surface area contributed by atoms with Gasteiger partial charge < -0.3 is 20.0 Å². The van der Waals surface area contributed by atoms with Crippen LogP contribution in [0.5, 0.6) is 0 Å². The number of nitrogen functional groups attached to an aromatic ring is 1. The summed E-state index contributed by atoms with van der Waals surface area (Å²) < 4.78 is 6.88. The van der Waals surface area contributed by atoms with Crippen LogP contribution >= 0.6 is 0 Å². The molecule has 4 aromatic rings. The summed E-state index contributed by atoms with van der Waals surface area (Å²) in [4.78, 5) is 25.3. The molecule has 0 aliphatic carbocycles. The number of nitrogens with two attached hydrogens (primary N) is 1. The predicted molar refractivity (Wildman–Crippen MR) is 133 cm³/mol. The first kappa shape index (κ1) is 21.8. The van der Waals surface area contributed by atoms with E-state index in [0.29, 0.717) is 29.2 Å². The molecule has 0 bridgehead atoms. The largest absolute Gasteiger partial charge is 0.461 e. The number of aryl methyl sites for hydroxylation is 1. The van der Waals surface area contributed by atoms with Crippen LogP contribution in [0.4, 0.5) is 17.6 Å². The Kier molecular flexibility index (Phi) is 5.69. The highest BCUT2D eigenvalue weighted by Gasteiger charge is 2.27. The van der Waals surface area contributed by atoms with Crippen LogP contribution in [-0.4, -0.2) is 80.3 Å². The van der Waals surface area contributed by atoms with E-state index in [4.69, 9.17) is 10.2 Å². The summed E-state index contributed by atoms with van der Waals surface area (Å²) in [5, 5.41) is 4.40. The Morgan fingerprint density at radius 3 is 2.74 bits per heavy atom. The number of rotatable bonds is 5. The SMILES string of the molecule is Cc1cnccc1N1CCN(CC2CCCN(c3nc(N)n4nc(-c5ccco5)nc4n3)C2)CC1. The van der Waals surface area contributed by atoms with Crippen molar-refractivity contribution in [3.63, 3.8) is 0 Å². The monoisotopic (exact) mass is 474 g/mol. The van der Waals surface area contributed by atoms with E-state index < -0.39 is 0 Å². The van der Waals surface area contributed by atoms with E-state index in [2.05, 4.69) is 52.7 Å². The molecule has 0 amide bonds. The molecule has 2 N–H and O–H groups in total. The molecule has 2 fully saturated rings. The number of hydrogen-bond donors (Lipinski definition) is 1. The summed E-state index contributed by atoms with van der Waals surface area (Å²) in [6, 6.07) is 5.74. The van der Waals surface area contributed by atoms with Crippen molar-refractivity contribution in [2.45, 2.75) is 19.8 Å². The van der Waals surface area contributed by atoms with Gasteiger partial charge in [-0.1, -0.05) is 0 Å². The van der Waals surface area contributed by atoms with Gasteiger partial charge in [-0.05, 0) is 49.4 Å². The Balaban J connectivity index is 1.11. The average Bonchev–Trinajstić information content (AvgIpc) is 3.56. The molecule has 0 aromatic carbocycles. The molecule has 6 rings (SSSR count). The van der Waals surface area contributed by atoms with Crippen molar-refractivity contribution in [2.24, 2.45) is 5.92 Å². The molecule has 1 atom stereocenters. The molecule has 182 valence electrons. The first-order valence-electron chi connectivity index (χ1n) is 12.2. The van der Waals surface area contributed by atoms with Gasteiger partial charge in [0.1, 0.15) is 0 Å². The molecular formula is C24H30N10O. The van der Waals surface area contributed by atoms with Crippen LogP contribution < -0.4 is 15.5 Å². The third-order valence-corrected chi connectivity index (χ3v) is 6.99. The molecule has 2 saturated heterocycles. The number of piperidine rings is 1. The van der Waals surface area contributed by atoms with Gasteiger partial charge in [-0.15, -0.1) is 5.10 Å². The minimum atomic E-state index is 0.278. The van der Waals surface area contributed by atoms with Gasteiger partial charge in [0.05, 0.1) is 6.26 Å². The summed E-state index contributed by atoms with van der Waals surface area (Å²) >= 11 is 0. The van der Waals surface area contributed by atoms with E-state index in [1.807, 2.05) is 18.5 Å². The minimum absolute atomic E-state index is 0.278. The summed E-state index contributed by atoms with van der Waals surface area (Å²) in [5.74, 6) is 2.93. The molecule has 11 heteroatoms. The average molecular weight is 475 g/mol. The first-order chi connectivity index (χ1) is 17.1. The van der Waals surface area contributed by atoms with Crippen molar-refractivity contribution in [1.29, 1.82) is 0 Å². The Labute approximate surface area is 203 Å². The van der Waals surface area contributed by atoms with Gasteiger partial charge in [-0.3, -0.25) is 9.88 Å². The molecule has 11 nitrogen and oxygen atoms in total. The quantitative estimate of drug-likeness (QED) is 0.461. The molecular weight excluding hydrogens is 444 g/mol. The van der Waals surface area contributed by atoms with Crippen LogP contribution in [0.1, 0.15) is 18.4 Å². The molecule has 0 radical (unpaired) electrons. The van der Waals surface area contributed by atoms with Crippen molar-refractivity contribution >= 4 is 23.4 Å². The lowest BCUT2D eigenvalue weighted by Gasteiger charge is -2.40. The van der Waals surface area contributed by atoms with Gasteiger partial charge in [0.2, 0.25) is 17.7 Å². The topological polar surface area (TPSA) is 118 Å². The number of anilines is 3. The maximum absolute atomic E-state index is 6.22. The summed E-state index contributed by atoms with van der Waals surface area (Å²) in [6.45, 7) is 9.29. The Morgan fingerprint density at radius 2 is 1.94 bits per heavy atom. The second kappa shape index (κ2) is 9.14. The molecule has 0 saturated carbocycles. The highest BCUT2D eigenvalue weighted by atomic mass is 16.3. The van der Waals surface area contributed by atoms with Crippen LogP contribution in [0, 0.1) is 12.8 Å².